The van der Waals surface area contributed by atoms with Crippen LogP contribution in [0.15, 0.2) is 36.8 Å². The summed E-state index contributed by atoms with van der Waals surface area (Å²) in [6, 6.07) is 6.10. The van der Waals surface area contributed by atoms with Gasteiger partial charge in [-0.25, -0.2) is 0 Å². The highest BCUT2D eigenvalue weighted by molar-refractivity contribution is 5.65. The molecule has 0 amide bonds. The normalized spacial score (nSPS) is 10.1. The van der Waals surface area contributed by atoms with Crippen LogP contribution in [0.25, 0.3) is 11.1 Å². The minimum absolute atomic E-state index is 1.03. The summed E-state index contributed by atoms with van der Waals surface area (Å²) in [6.45, 7) is 4.09. The molecule has 2 rings (SSSR count). The highest BCUT2D eigenvalue weighted by Gasteiger charge is 2.01. The molecule has 0 fully saturated rings. The zero-order valence-electron chi connectivity index (χ0n) is 8.36. The van der Waals surface area contributed by atoms with Crippen LogP contribution in [0.2, 0.25) is 0 Å². The minimum Gasteiger partial charge on any atom is -0.264 e. The van der Waals surface area contributed by atoms with E-state index >= 15 is 0 Å². The van der Waals surface area contributed by atoms with Crippen molar-refractivity contribution in [2.75, 3.05) is 0 Å². The predicted molar refractivity (Wildman–Crippen MR) is 56.9 cm³/mol. The zero-order valence-corrected chi connectivity index (χ0v) is 8.36. The zero-order chi connectivity index (χ0) is 9.97. The number of aromatic nitrogens is 2. The van der Waals surface area contributed by atoms with Gasteiger partial charge in [0.25, 0.3) is 0 Å². The van der Waals surface area contributed by atoms with Crippen LogP contribution in [-0.4, -0.2) is 9.97 Å². The van der Waals surface area contributed by atoms with Crippen LogP contribution in [0.4, 0.5) is 0 Å². The molecular formula is C12H12N2. The quantitative estimate of drug-likeness (QED) is 0.681. The topological polar surface area (TPSA) is 25.8 Å². The summed E-state index contributed by atoms with van der Waals surface area (Å²) in [5.74, 6) is 0. The van der Waals surface area contributed by atoms with Crippen LogP contribution >= 0.6 is 0 Å². The van der Waals surface area contributed by atoms with Gasteiger partial charge in [-0.1, -0.05) is 0 Å². The number of hydrogen-bond donors (Lipinski definition) is 0. The maximum absolute atomic E-state index is 4.17. The van der Waals surface area contributed by atoms with Crippen molar-refractivity contribution >= 4 is 0 Å². The number of nitrogens with zero attached hydrogens (tertiary/aromatic N) is 2. The molecule has 2 aromatic rings. The third-order valence-electron chi connectivity index (χ3n) is 2.25. The van der Waals surface area contributed by atoms with E-state index in [1.165, 1.54) is 16.7 Å². The Hall–Kier alpha value is -1.70. The summed E-state index contributed by atoms with van der Waals surface area (Å²) in [6.07, 6.45) is 5.54. The lowest BCUT2D eigenvalue weighted by atomic mass is 10.0. The van der Waals surface area contributed by atoms with Crippen LogP contribution in [0.3, 0.4) is 0 Å². The van der Waals surface area contributed by atoms with Gasteiger partial charge in [-0.2, -0.15) is 0 Å². The van der Waals surface area contributed by atoms with E-state index in [9.17, 15) is 0 Å². The van der Waals surface area contributed by atoms with Crippen LogP contribution < -0.4 is 0 Å². The monoisotopic (exact) mass is 184 g/mol. The van der Waals surface area contributed by atoms with Crippen LogP contribution in [0, 0.1) is 13.8 Å². The molecule has 0 spiro atoms. The Morgan fingerprint density at radius 2 is 1.93 bits per heavy atom. The van der Waals surface area contributed by atoms with Crippen molar-refractivity contribution in [2.24, 2.45) is 0 Å². The molecule has 0 N–H and O–H groups in total. The molecule has 0 radical (unpaired) electrons. The Kier molecular flexibility index (Phi) is 2.27. The van der Waals surface area contributed by atoms with Crippen molar-refractivity contribution < 1.29 is 0 Å². The van der Waals surface area contributed by atoms with E-state index < -0.39 is 0 Å². The summed E-state index contributed by atoms with van der Waals surface area (Å²) < 4.78 is 0. The van der Waals surface area contributed by atoms with E-state index in [4.69, 9.17) is 0 Å². The van der Waals surface area contributed by atoms with Crippen LogP contribution in [0.1, 0.15) is 11.3 Å². The molecule has 0 atom stereocenters. The number of pyridine rings is 2. The lowest BCUT2D eigenvalue weighted by molar-refractivity contribution is 1.20. The Morgan fingerprint density at radius 3 is 2.64 bits per heavy atom. The fourth-order valence-corrected chi connectivity index (χ4v) is 1.48. The molecular weight excluding hydrogens is 172 g/mol. The van der Waals surface area contributed by atoms with Gasteiger partial charge in [-0.05, 0) is 43.2 Å². The van der Waals surface area contributed by atoms with Gasteiger partial charge >= 0.3 is 0 Å². The van der Waals surface area contributed by atoms with Gasteiger partial charge in [0, 0.05) is 29.8 Å². The van der Waals surface area contributed by atoms with Crippen molar-refractivity contribution in [3.63, 3.8) is 0 Å². The highest BCUT2D eigenvalue weighted by atomic mass is 14.7. The smallest absolute Gasteiger partial charge is 0.0378 e. The Morgan fingerprint density at radius 1 is 1.07 bits per heavy atom. The summed E-state index contributed by atoms with van der Waals surface area (Å²) in [4.78, 5) is 8.31. The molecule has 70 valence electrons. The van der Waals surface area contributed by atoms with Gasteiger partial charge < -0.3 is 0 Å². The molecule has 14 heavy (non-hydrogen) atoms. The first kappa shape index (κ1) is 8.88. The van der Waals surface area contributed by atoms with E-state index in [0.717, 1.165) is 5.69 Å². The van der Waals surface area contributed by atoms with Crippen molar-refractivity contribution in [3.05, 3.63) is 48.0 Å². The van der Waals surface area contributed by atoms with Gasteiger partial charge in [0.1, 0.15) is 0 Å². The molecule has 0 saturated carbocycles. The van der Waals surface area contributed by atoms with E-state index in [0.29, 0.717) is 0 Å². The van der Waals surface area contributed by atoms with Gasteiger partial charge in [0.2, 0.25) is 0 Å². The molecule has 0 unspecified atom stereocenters. The summed E-state index contributed by atoms with van der Waals surface area (Å²) in [7, 11) is 0. The average Bonchev–Trinajstić information content (AvgIpc) is 2.18. The number of rotatable bonds is 1. The third-order valence-corrected chi connectivity index (χ3v) is 2.25. The lowest BCUT2D eigenvalue weighted by Crippen LogP contribution is -1.86. The molecule has 2 heteroatoms. The molecule has 2 aromatic heterocycles. The molecule has 2 nitrogen and oxygen atoms in total. The van der Waals surface area contributed by atoms with Crippen molar-refractivity contribution in [1.82, 2.24) is 9.97 Å². The fourth-order valence-electron chi connectivity index (χ4n) is 1.48. The molecule has 0 saturated heterocycles. The second-order valence-corrected chi connectivity index (χ2v) is 3.38. The minimum atomic E-state index is 1.03. The number of hydrogen-bond acceptors (Lipinski definition) is 2. The summed E-state index contributed by atoms with van der Waals surface area (Å²) >= 11 is 0. The van der Waals surface area contributed by atoms with Gasteiger partial charge in [-0.3, -0.25) is 9.97 Å². The summed E-state index contributed by atoms with van der Waals surface area (Å²) in [5, 5.41) is 0. The van der Waals surface area contributed by atoms with Gasteiger partial charge in [0.05, 0.1) is 0 Å². The maximum Gasteiger partial charge on any atom is 0.0378 e. The highest BCUT2D eigenvalue weighted by Crippen LogP contribution is 2.21. The Labute approximate surface area is 83.7 Å². The molecule has 0 aliphatic rings. The molecule has 0 aromatic carbocycles. The van der Waals surface area contributed by atoms with E-state index in [2.05, 4.69) is 23.0 Å². The van der Waals surface area contributed by atoms with Crippen molar-refractivity contribution in [1.29, 1.82) is 0 Å². The van der Waals surface area contributed by atoms with Crippen molar-refractivity contribution in [3.8, 4) is 11.1 Å². The lowest BCUT2D eigenvalue weighted by Gasteiger charge is -2.04. The fraction of sp³-hybridized carbons (Fsp3) is 0.167. The van der Waals surface area contributed by atoms with Crippen LogP contribution in [-0.2, 0) is 0 Å². The molecule has 0 aliphatic carbocycles. The van der Waals surface area contributed by atoms with Crippen molar-refractivity contribution in [2.45, 2.75) is 13.8 Å². The van der Waals surface area contributed by atoms with Gasteiger partial charge in [0.15, 0.2) is 0 Å². The first-order valence-electron chi connectivity index (χ1n) is 4.61. The standard InChI is InChI=1S/C12H12N2/c1-9-3-5-13-8-12(9)11-4-6-14-10(2)7-11/h3-8H,1-2H3. The third kappa shape index (κ3) is 1.64. The Balaban J connectivity index is 2.55. The Bertz CT molecular complexity index is 450. The van der Waals surface area contributed by atoms with E-state index in [-0.39, 0.29) is 0 Å². The van der Waals surface area contributed by atoms with E-state index in [1.807, 2.05) is 37.6 Å². The van der Waals surface area contributed by atoms with Gasteiger partial charge in [-0.15, -0.1) is 0 Å². The summed E-state index contributed by atoms with van der Waals surface area (Å²) in [5.41, 5.74) is 4.64. The second-order valence-electron chi connectivity index (χ2n) is 3.38. The number of aryl methyl sites for hydroxylation is 2. The predicted octanol–water partition coefficient (Wildman–Crippen LogP) is 2.76. The second kappa shape index (κ2) is 3.58. The SMILES string of the molecule is Cc1cc(-c2cnccc2C)ccn1. The molecule has 0 bridgehead atoms. The van der Waals surface area contributed by atoms with Crippen LogP contribution in [0.5, 0.6) is 0 Å². The first-order valence-corrected chi connectivity index (χ1v) is 4.61. The average molecular weight is 184 g/mol. The maximum atomic E-state index is 4.17. The largest absolute Gasteiger partial charge is 0.264 e. The van der Waals surface area contributed by atoms with E-state index in [1.54, 1.807) is 0 Å². The molecule has 0 aliphatic heterocycles. The first-order chi connectivity index (χ1) is 6.77. The molecule has 2 heterocycles.